The van der Waals surface area contributed by atoms with Crippen LogP contribution < -0.4 is 5.73 Å². The van der Waals surface area contributed by atoms with Gasteiger partial charge in [-0.1, -0.05) is 31.5 Å². The number of rotatable bonds is 8. The smallest absolute Gasteiger partial charge is 0.354 e. The van der Waals surface area contributed by atoms with Gasteiger partial charge in [0.1, 0.15) is 0 Å². The van der Waals surface area contributed by atoms with Crippen molar-refractivity contribution in [3.05, 3.63) is 59.2 Å². The van der Waals surface area contributed by atoms with Crippen LogP contribution in [0.5, 0.6) is 0 Å². The molecule has 0 aliphatic rings. The van der Waals surface area contributed by atoms with E-state index < -0.39 is 11.7 Å². The topological polar surface area (TPSA) is 41.8 Å². The van der Waals surface area contributed by atoms with Crippen molar-refractivity contribution in [2.24, 2.45) is 5.73 Å². The first-order valence-electron chi connectivity index (χ1n) is 9.95. The largest absolute Gasteiger partial charge is 0.416 e. The first kappa shape index (κ1) is 20.5. The van der Waals surface area contributed by atoms with Gasteiger partial charge in [-0.05, 0) is 79.6 Å². The third-order valence-corrected chi connectivity index (χ3v) is 5.17. The van der Waals surface area contributed by atoms with Crippen molar-refractivity contribution < 1.29 is 13.2 Å². The van der Waals surface area contributed by atoms with Gasteiger partial charge in [-0.3, -0.25) is 0 Å². The van der Waals surface area contributed by atoms with Crippen LogP contribution in [0.3, 0.4) is 0 Å². The Morgan fingerprint density at radius 1 is 0.929 bits per heavy atom. The van der Waals surface area contributed by atoms with Crippen LogP contribution in [0.25, 0.3) is 22.2 Å². The fourth-order valence-electron chi connectivity index (χ4n) is 3.61. The molecule has 0 bridgehead atoms. The fraction of sp³-hybridized carbons (Fsp3) is 0.391. The molecule has 0 saturated heterocycles. The van der Waals surface area contributed by atoms with Gasteiger partial charge in [0.2, 0.25) is 0 Å². The molecule has 3 N–H and O–H groups in total. The highest BCUT2D eigenvalue weighted by molar-refractivity contribution is 5.91. The predicted octanol–water partition coefficient (Wildman–Crippen LogP) is 6.48. The SMILES string of the molecule is CCCCc1ccc2[nH]c(-c3ccc(C(F)(F)F)cc3)c(CCCCN)c2c1. The van der Waals surface area contributed by atoms with Gasteiger partial charge in [0.25, 0.3) is 0 Å². The van der Waals surface area contributed by atoms with Gasteiger partial charge in [-0.25, -0.2) is 0 Å². The Hall–Kier alpha value is -2.27. The normalized spacial score (nSPS) is 12.0. The Bertz CT molecular complexity index is 908. The maximum absolute atomic E-state index is 12.9. The molecule has 0 fully saturated rings. The van der Waals surface area contributed by atoms with E-state index in [-0.39, 0.29) is 0 Å². The molecule has 2 aromatic carbocycles. The van der Waals surface area contributed by atoms with Crippen molar-refractivity contribution in [2.45, 2.75) is 51.6 Å². The van der Waals surface area contributed by atoms with Gasteiger partial charge in [0.15, 0.2) is 0 Å². The molecule has 0 radical (unpaired) electrons. The summed E-state index contributed by atoms with van der Waals surface area (Å²) in [6.45, 7) is 2.81. The maximum atomic E-state index is 12.9. The van der Waals surface area contributed by atoms with Crippen molar-refractivity contribution in [3.63, 3.8) is 0 Å². The zero-order chi connectivity index (χ0) is 20.1. The number of halogens is 3. The highest BCUT2D eigenvalue weighted by Gasteiger charge is 2.30. The first-order chi connectivity index (χ1) is 13.4. The molecule has 5 heteroatoms. The van der Waals surface area contributed by atoms with Gasteiger partial charge in [-0.15, -0.1) is 0 Å². The van der Waals surface area contributed by atoms with Gasteiger partial charge in [-0.2, -0.15) is 13.2 Å². The molecule has 0 spiro atoms. The van der Waals surface area contributed by atoms with Crippen molar-refractivity contribution in [1.29, 1.82) is 0 Å². The van der Waals surface area contributed by atoms with E-state index in [1.54, 1.807) is 12.1 Å². The molecule has 3 rings (SSSR count). The third-order valence-electron chi connectivity index (χ3n) is 5.17. The number of aryl methyl sites for hydroxylation is 2. The third kappa shape index (κ3) is 4.58. The number of aromatic amines is 1. The summed E-state index contributed by atoms with van der Waals surface area (Å²) >= 11 is 0. The van der Waals surface area contributed by atoms with Crippen molar-refractivity contribution >= 4 is 10.9 Å². The molecule has 0 unspecified atom stereocenters. The molecule has 2 nitrogen and oxygen atoms in total. The second-order valence-corrected chi connectivity index (χ2v) is 7.28. The Morgan fingerprint density at radius 2 is 1.68 bits per heavy atom. The molecule has 0 atom stereocenters. The van der Waals surface area contributed by atoms with Crippen LogP contribution in [-0.2, 0) is 19.0 Å². The van der Waals surface area contributed by atoms with Crippen molar-refractivity contribution in [3.8, 4) is 11.3 Å². The number of benzene rings is 2. The maximum Gasteiger partial charge on any atom is 0.416 e. The molecular weight excluding hydrogens is 361 g/mol. The molecule has 0 saturated carbocycles. The van der Waals surface area contributed by atoms with Gasteiger partial charge < -0.3 is 10.7 Å². The van der Waals surface area contributed by atoms with Gasteiger partial charge >= 0.3 is 6.18 Å². The Morgan fingerprint density at radius 3 is 2.32 bits per heavy atom. The van der Waals surface area contributed by atoms with Crippen LogP contribution in [-0.4, -0.2) is 11.5 Å². The van der Waals surface area contributed by atoms with E-state index in [0.29, 0.717) is 6.54 Å². The average Bonchev–Trinajstić information content (AvgIpc) is 3.04. The van der Waals surface area contributed by atoms with E-state index in [0.717, 1.165) is 67.4 Å². The highest BCUT2D eigenvalue weighted by Crippen LogP contribution is 2.35. The molecule has 1 heterocycles. The number of nitrogens with one attached hydrogen (secondary N) is 1. The lowest BCUT2D eigenvalue weighted by atomic mass is 9.98. The molecule has 0 aliphatic carbocycles. The van der Waals surface area contributed by atoms with E-state index in [1.807, 2.05) is 0 Å². The Labute approximate surface area is 164 Å². The number of nitrogens with two attached hydrogens (primary N) is 1. The summed E-state index contributed by atoms with van der Waals surface area (Å²) in [5.74, 6) is 0. The second-order valence-electron chi connectivity index (χ2n) is 7.28. The van der Waals surface area contributed by atoms with Crippen LogP contribution in [0, 0.1) is 0 Å². The minimum absolute atomic E-state index is 0.626. The number of alkyl halides is 3. The molecular formula is C23H27F3N2. The molecule has 150 valence electrons. The predicted molar refractivity (Wildman–Crippen MR) is 109 cm³/mol. The van der Waals surface area contributed by atoms with Crippen LogP contribution in [0.1, 0.15) is 49.3 Å². The van der Waals surface area contributed by atoms with Crippen LogP contribution in [0.15, 0.2) is 42.5 Å². The molecule has 3 aromatic rings. The van der Waals surface area contributed by atoms with E-state index in [1.165, 1.54) is 16.5 Å². The minimum atomic E-state index is -4.32. The first-order valence-corrected chi connectivity index (χ1v) is 9.95. The molecule has 0 aliphatic heterocycles. The lowest BCUT2D eigenvalue weighted by molar-refractivity contribution is -0.137. The van der Waals surface area contributed by atoms with Crippen LogP contribution >= 0.6 is 0 Å². The van der Waals surface area contributed by atoms with E-state index >= 15 is 0 Å². The fourth-order valence-corrected chi connectivity index (χ4v) is 3.61. The zero-order valence-corrected chi connectivity index (χ0v) is 16.2. The van der Waals surface area contributed by atoms with E-state index in [4.69, 9.17) is 5.73 Å². The van der Waals surface area contributed by atoms with Gasteiger partial charge in [0.05, 0.1) is 5.56 Å². The lowest BCUT2D eigenvalue weighted by Crippen LogP contribution is -2.04. The Balaban J connectivity index is 2.03. The number of fused-ring (bicyclic) bond motifs is 1. The van der Waals surface area contributed by atoms with Crippen molar-refractivity contribution in [2.75, 3.05) is 6.54 Å². The summed E-state index contributed by atoms with van der Waals surface area (Å²) < 4.78 is 38.7. The number of H-pyrrole nitrogens is 1. The van der Waals surface area contributed by atoms with E-state index in [2.05, 4.69) is 30.1 Å². The summed E-state index contributed by atoms with van der Waals surface area (Å²) in [7, 11) is 0. The summed E-state index contributed by atoms with van der Waals surface area (Å²) in [4.78, 5) is 3.44. The minimum Gasteiger partial charge on any atom is -0.354 e. The van der Waals surface area contributed by atoms with E-state index in [9.17, 15) is 13.2 Å². The van der Waals surface area contributed by atoms with Gasteiger partial charge in [0, 0.05) is 16.6 Å². The second kappa shape index (κ2) is 8.82. The molecule has 1 aromatic heterocycles. The van der Waals surface area contributed by atoms with Crippen LogP contribution in [0.4, 0.5) is 13.2 Å². The number of unbranched alkanes of at least 4 members (excludes halogenated alkanes) is 2. The lowest BCUT2D eigenvalue weighted by Gasteiger charge is -2.09. The standard InChI is InChI=1S/C23H27F3N2/c1-2-3-6-16-8-13-21-20(15-16)19(7-4-5-14-27)22(28-21)17-9-11-18(12-10-17)23(24,25)26/h8-13,15,28H,2-7,14,27H2,1H3. The number of hydrogen-bond donors (Lipinski definition) is 2. The quantitative estimate of drug-likeness (QED) is 0.426. The van der Waals surface area contributed by atoms with Crippen molar-refractivity contribution in [1.82, 2.24) is 4.98 Å². The summed E-state index contributed by atoms with van der Waals surface area (Å²) in [5.41, 5.74) is 10.2. The molecule has 28 heavy (non-hydrogen) atoms. The summed E-state index contributed by atoms with van der Waals surface area (Å²) in [5, 5.41) is 1.17. The average molecular weight is 388 g/mol. The monoisotopic (exact) mass is 388 g/mol. The summed E-state index contributed by atoms with van der Waals surface area (Å²) in [6, 6.07) is 11.9. The Kier molecular flexibility index (Phi) is 6.45. The highest BCUT2D eigenvalue weighted by atomic mass is 19.4. The summed E-state index contributed by atoms with van der Waals surface area (Å²) in [6.07, 6.45) is 1.73. The van der Waals surface area contributed by atoms with Crippen LogP contribution in [0.2, 0.25) is 0 Å². The number of aromatic nitrogens is 1. The number of hydrogen-bond acceptors (Lipinski definition) is 1. The molecule has 0 amide bonds. The zero-order valence-electron chi connectivity index (χ0n) is 16.2.